The van der Waals surface area contributed by atoms with Crippen LogP contribution in [0.4, 0.5) is 0 Å². The second-order valence-corrected chi connectivity index (χ2v) is 5.82. The summed E-state index contributed by atoms with van der Waals surface area (Å²) in [7, 11) is 3.32. The molecule has 18 heavy (non-hydrogen) atoms. The Morgan fingerprint density at radius 1 is 1.11 bits per heavy atom. The minimum Gasteiger partial charge on any atom is -0.493 e. The number of benzene rings is 1. The van der Waals surface area contributed by atoms with Gasteiger partial charge in [-0.05, 0) is 25.0 Å². The molecule has 0 aliphatic heterocycles. The zero-order valence-electron chi connectivity index (χ0n) is 11.0. The fraction of sp³-hybridized carbons (Fsp3) is 0.571. The van der Waals surface area contributed by atoms with Gasteiger partial charge in [0.05, 0.1) is 14.2 Å². The molecule has 0 heterocycles. The van der Waals surface area contributed by atoms with Gasteiger partial charge in [0.2, 0.25) is 0 Å². The number of hydrogen-bond acceptors (Lipinski definition) is 3. The van der Waals surface area contributed by atoms with Crippen molar-refractivity contribution in [3.8, 4) is 11.5 Å². The van der Waals surface area contributed by atoms with Crippen LogP contribution in [-0.4, -0.2) is 14.2 Å². The molecule has 0 saturated heterocycles. The molecule has 2 N–H and O–H groups in total. The molecular weight excluding hydrogens is 294 g/mol. The molecule has 0 aromatic heterocycles. The molecule has 4 heteroatoms. The van der Waals surface area contributed by atoms with Crippen LogP contribution in [-0.2, 0) is 5.54 Å². The third-order valence-corrected chi connectivity index (χ3v) is 4.18. The summed E-state index contributed by atoms with van der Waals surface area (Å²) in [5, 5.41) is 0. The van der Waals surface area contributed by atoms with E-state index >= 15 is 0 Å². The van der Waals surface area contributed by atoms with Gasteiger partial charge in [0.15, 0.2) is 11.5 Å². The van der Waals surface area contributed by atoms with Gasteiger partial charge in [0.1, 0.15) is 0 Å². The lowest BCUT2D eigenvalue weighted by Crippen LogP contribution is -2.39. The van der Waals surface area contributed by atoms with Crippen molar-refractivity contribution in [3.63, 3.8) is 0 Å². The van der Waals surface area contributed by atoms with Crippen LogP contribution in [0.2, 0.25) is 0 Å². The van der Waals surface area contributed by atoms with E-state index in [1.807, 2.05) is 6.07 Å². The lowest BCUT2D eigenvalue weighted by atomic mass is 9.77. The van der Waals surface area contributed by atoms with Crippen LogP contribution in [0.25, 0.3) is 0 Å². The second kappa shape index (κ2) is 5.49. The van der Waals surface area contributed by atoms with Gasteiger partial charge in [-0.1, -0.05) is 35.2 Å². The summed E-state index contributed by atoms with van der Waals surface area (Å²) >= 11 is 3.52. The Morgan fingerprint density at radius 2 is 1.78 bits per heavy atom. The quantitative estimate of drug-likeness (QED) is 0.927. The van der Waals surface area contributed by atoms with Crippen LogP contribution in [0.5, 0.6) is 11.5 Å². The van der Waals surface area contributed by atoms with Crippen molar-refractivity contribution >= 4 is 15.9 Å². The van der Waals surface area contributed by atoms with Crippen molar-refractivity contribution in [3.05, 3.63) is 22.2 Å². The van der Waals surface area contributed by atoms with Crippen molar-refractivity contribution in [2.45, 2.75) is 37.6 Å². The molecule has 2 rings (SSSR count). The summed E-state index contributed by atoms with van der Waals surface area (Å²) < 4.78 is 11.9. The Labute approximate surface area is 117 Å². The molecule has 1 aliphatic rings. The van der Waals surface area contributed by atoms with Crippen molar-refractivity contribution in [1.29, 1.82) is 0 Å². The van der Waals surface area contributed by atoms with Crippen LogP contribution in [0.1, 0.15) is 37.7 Å². The van der Waals surface area contributed by atoms with Crippen LogP contribution in [0, 0.1) is 0 Å². The first kappa shape index (κ1) is 13.7. The van der Waals surface area contributed by atoms with E-state index in [0.717, 1.165) is 34.4 Å². The number of hydrogen-bond donors (Lipinski definition) is 1. The molecule has 1 fully saturated rings. The molecule has 1 saturated carbocycles. The average Bonchev–Trinajstić information content (AvgIpc) is 2.38. The van der Waals surface area contributed by atoms with E-state index in [4.69, 9.17) is 15.2 Å². The fourth-order valence-electron chi connectivity index (χ4n) is 2.75. The Bertz CT molecular complexity index is 428. The van der Waals surface area contributed by atoms with Crippen molar-refractivity contribution in [1.82, 2.24) is 0 Å². The molecule has 0 amide bonds. The third-order valence-electron chi connectivity index (χ3n) is 3.73. The molecule has 1 aliphatic carbocycles. The highest BCUT2D eigenvalue weighted by Gasteiger charge is 2.33. The first-order valence-electron chi connectivity index (χ1n) is 6.31. The van der Waals surface area contributed by atoms with Crippen LogP contribution >= 0.6 is 15.9 Å². The van der Waals surface area contributed by atoms with E-state index < -0.39 is 0 Å². The predicted molar refractivity (Wildman–Crippen MR) is 76.2 cm³/mol. The first-order valence-corrected chi connectivity index (χ1v) is 7.11. The maximum Gasteiger partial charge on any atom is 0.165 e. The highest BCUT2D eigenvalue weighted by Crippen LogP contribution is 2.44. The minimum absolute atomic E-state index is 0.291. The Morgan fingerprint density at radius 3 is 2.33 bits per heavy atom. The fourth-order valence-corrected chi connectivity index (χ4v) is 3.19. The molecular formula is C14H20BrNO2. The van der Waals surface area contributed by atoms with E-state index in [0.29, 0.717) is 0 Å². The van der Waals surface area contributed by atoms with Gasteiger partial charge in [-0.25, -0.2) is 0 Å². The standard InChI is InChI=1S/C14H20BrNO2/c1-17-12-9-10(15)8-11(13(12)18-2)14(16)6-4-3-5-7-14/h8-9H,3-7,16H2,1-2H3. The largest absolute Gasteiger partial charge is 0.493 e. The van der Waals surface area contributed by atoms with Crippen LogP contribution < -0.4 is 15.2 Å². The summed E-state index contributed by atoms with van der Waals surface area (Å²) in [5.41, 5.74) is 7.35. The second-order valence-electron chi connectivity index (χ2n) is 4.91. The lowest BCUT2D eigenvalue weighted by molar-refractivity contribution is 0.282. The van der Waals surface area contributed by atoms with E-state index in [-0.39, 0.29) is 5.54 Å². The zero-order valence-corrected chi connectivity index (χ0v) is 12.5. The zero-order chi connectivity index (χ0) is 13.2. The maximum atomic E-state index is 6.59. The van der Waals surface area contributed by atoms with Gasteiger partial charge in [0, 0.05) is 15.6 Å². The molecule has 3 nitrogen and oxygen atoms in total. The predicted octanol–water partition coefficient (Wildman–Crippen LogP) is 3.58. The molecule has 1 aromatic carbocycles. The number of methoxy groups -OCH3 is 2. The SMILES string of the molecule is COc1cc(Br)cc(C2(N)CCCCC2)c1OC. The Kier molecular flexibility index (Phi) is 4.17. The van der Waals surface area contributed by atoms with Crippen molar-refractivity contribution in [2.24, 2.45) is 5.73 Å². The summed E-state index contributed by atoms with van der Waals surface area (Å²) in [6.45, 7) is 0. The van der Waals surface area contributed by atoms with E-state index in [1.165, 1.54) is 19.3 Å². The highest BCUT2D eigenvalue weighted by atomic mass is 79.9. The Hall–Kier alpha value is -0.740. The number of halogens is 1. The van der Waals surface area contributed by atoms with Gasteiger partial charge < -0.3 is 15.2 Å². The smallest absolute Gasteiger partial charge is 0.165 e. The maximum absolute atomic E-state index is 6.59. The summed E-state index contributed by atoms with van der Waals surface area (Å²) in [5.74, 6) is 1.50. The normalized spacial score (nSPS) is 18.4. The van der Waals surface area contributed by atoms with Crippen molar-refractivity contribution < 1.29 is 9.47 Å². The molecule has 0 unspecified atom stereocenters. The molecule has 0 spiro atoms. The molecule has 0 radical (unpaired) electrons. The lowest BCUT2D eigenvalue weighted by Gasteiger charge is -2.35. The number of ether oxygens (including phenoxy) is 2. The van der Waals surface area contributed by atoms with Crippen LogP contribution in [0.3, 0.4) is 0 Å². The van der Waals surface area contributed by atoms with Gasteiger partial charge >= 0.3 is 0 Å². The van der Waals surface area contributed by atoms with E-state index in [1.54, 1.807) is 14.2 Å². The van der Waals surface area contributed by atoms with E-state index in [9.17, 15) is 0 Å². The topological polar surface area (TPSA) is 44.5 Å². The summed E-state index contributed by atoms with van der Waals surface area (Å²) in [6.07, 6.45) is 5.63. The van der Waals surface area contributed by atoms with Gasteiger partial charge in [0.25, 0.3) is 0 Å². The Balaban J connectivity index is 2.50. The third kappa shape index (κ3) is 2.50. The first-order chi connectivity index (χ1) is 8.60. The monoisotopic (exact) mass is 313 g/mol. The number of rotatable bonds is 3. The van der Waals surface area contributed by atoms with Crippen molar-refractivity contribution in [2.75, 3.05) is 14.2 Å². The van der Waals surface area contributed by atoms with Crippen LogP contribution in [0.15, 0.2) is 16.6 Å². The highest BCUT2D eigenvalue weighted by molar-refractivity contribution is 9.10. The average molecular weight is 314 g/mol. The summed E-state index contributed by atoms with van der Waals surface area (Å²) in [4.78, 5) is 0. The molecule has 100 valence electrons. The molecule has 0 bridgehead atoms. The summed E-state index contributed by atoms with van der Waals surface area (Å²) in [6, 6.07) is 3.97. The van der Waals surface area contributed by atoms with Gasteiger partial charge in [-0.2, -0.15) is 0 Å². The number of nitrogens with two attached hydrogens (primary N) is 1. The van der Waals surface area contributed by atoms with Gasteiger partial charge in [-0.3, -0.25) is 0 Å². The van der Waals surface area contributed by atoms with E-state index in [2.05, 4.69) is 22.0 Å². The van der Waals surface area contributed by atoms with Gasteiger partial charge in [-0.15, -0.1) is 0 Å². The minimum atomic E-state index is -0.291. The molecule has 1 aromatic rings. The molecule has 0 atom stereocenters.